The fourth-order valence-electron chi connectivity index (χ4n) is 3.93. The Morgan fingerprint density at radius 3 is 2.75 bits per heavy atom. The maximum absolute atomic E-state index is 12.6. The van der Waals surface area contributed by atoms with Crippen LogP contribution in [0.15, 0.2) is 23.3 Å². The lowest BCUT2D eigenvalue weighted by molar-refractivity contribution is -0.120. The molecule has 126 valence electrons. The molecule has 0 saturated heterocycles. The van der Waals surface area contributed by atoms with Crippen molar-refractivity contribution in [3.05, 3.63) is 28.9 Å². The Kier molecular flexibility index (Phi) is 4.12. The molecule has 0 bridgehead atoms. The zero-order valence-corrected chi connectivity index (χ0v) is 15.2. The average molecular weight is 390 g/mol. The van der Waals surface area contributed by atoms with Crippen LogP contribution in [0.3, 0.4) is 0 Å². The van der Waals surface area contributed by atoms with Gasteiger partial charge in [0.25, 0.3) is 0 Å². The highest BCUT2D eigenvalue weighted by Crippen LogP contribution is 2.36. The second-order valence-electron chi connectivity index (χ2n) is 6.50. The molecule has 0 spiro atoms. The Bertz CT molecular complexity index is 768. The number of hydrogen-bond donors (Lipinski definition) is 0. The van der Waals surface area contributed by atoms with Gasteiger partial charge in [0.15, 0.2) is 10.5 Å². The highest BCUT2D eigenvalue weighted by Gasteiger charge is 2.38. The van der Waals surface area contributed by atoms with Crippen molar-refractivity contribution in [2.75, 3.05) is 4.90 Å². The van der Waals surface area contributed by atoms with Crippen LogP contribution in [0.5, 0.6) is 0 Å². The Morgan fingerprint density at radius 2 is 2.08 bits per heavy atom. The van der Waals surface area contributed by atoms with Crippen LogP contribution in [-0.2, 0) is 11.2 Å². The van der Waals surface area contributed by atoms with Crippen LogP contribution >= 0.6 is 15.9 Å². The van der Waals surface area contributed by atoms with Crippen LogP contribution in [0.2, 0.25) is 0 Å². The van der Waals surface area contributed by atoms with E-state index in [1.165, 1.54) is 12.8 Å². The molecule has 1 atom stereocenters. The van der Waals surface area contributed by atoms with E-state index in [0.717, 1.165) is 30.6 Å². The summed E-state index contributed by atoms with van der Waals surface area (Å²) in [4.78, 5) is 28.3. The van der Waals surface area contributed by atoms with Gasteiger partial charge in [-0.1, -0.05) is 19.8 Å². The summed E-state index contributed by atoms with van der Waals surface area (Å²) < 4.78 is 2.48. The molecule has 1 aliphatic carbocycles. The third-order valence-electron chi connectivity index (χ3n) is 5.06. The van der Waals surface area contributed by atoms with Gasteiger partial charge in [-0.2, -0.15) is 4.98 Å². The largest absolute Gasteiger partial charge is 0.343 e. The Hall–Kier alpha value is -1.76. The fourth-order valence-corrected chi connectivity index (χ4v) is 4.33. The van der Waals surface area contributed by atoms with E-state index >= 15 is 0 Å². The summed E-state index contributed by atoms with van der Waals surface area (Å²) in [5, 5.41) is 0. The van der Waals surface area contributed by atoms with Gasteiger partial charge in [0.1, 0.15) is 5.82 Å². The van der Waals surface area contributed by atoms with Crippen molar-refractivity contribution in [2.45, 2.75) is 57.5 Å². The number of carbonyl (C=O) groups excluding carboxylic acids is 1. The topological polar surface area (TPSA) is 63.9 Å². The molecular weight excluding hydrogens is 370 g/mol. The van der Waals surface area contributed by atoms with Gasteiger partial charge in [-0.25, -0.2) is 9.97 Å². The van der Waals surface area contributed by atoms with Gasteiger partial charge in [-0.05, 0) is 35.2 Å². The van der Waals surface area contributed by atoms with Crippen molar-refractivity contribution in [1.29, 1.82) is 0 Å². The Labute approximate surface area is 149 Å². The zero-order valence-electron chi connectivity index (χ0n) is 13.7. The molecule has 2 aromatic heterocycles. The number of anilines is 1. The molecule has 1 fully saturated rings. The molecule has 0 radical (unpaired) electrons. The van der Waals surface area contributed by atoms with E-state index in [2.05, 4.69) is 37.7 Å². The molecule has 0 unspecified atom stereocenters. The normalized spacial score (nSPS) is 21.3. The van der Waals surface area contributed by atoms with Crippen LogP contribution < -0.4 is 4.90 Å². The van der Waals surface area contributed by atoms with Crippen LogP contribution in [0.1, 0.15) is 44.6 Å². The van der Waals surface area contributed by atoms with E-state index in [-0.39, 0.29) is 11.8 Å². The van der Waals surface area contributed by atoms with E-state index in [1.54, 1.807) is 12.4 Å². The first-order valence-corrected chi connectivity index (χ1v) is 9.34. The van der Waals surface area contributed by atoms with Crippen molar-refractivity contribution >= 4 is 27.5 Å². The van der Waals surface area contributed by atoms with E-state index in [1.807, 2.05) is 10.8 Å². The number of fused-ring (bicyclic) bond motifs is 1. The van der Waals surface area contributed by atoms with Gasteiger partial charge in [-0.3, -0.25) is 9.36 Å². The summed E-state index contributed by atoms with van der Waals surface area (Å²) in [7, 11) is 0. The number of rotatable bonds is 3. The number of hydrogen-bond acceptors (Lipinski definition) is 5. The Balaban J connectivity index is 1.81. The number of ketones is 1. The maximum atomic E-state index is 12.6. The van der Waals surface area contributed by atoms with E-state index in [0.29, 0.717) is 23.1 Å². The van der Waals surface area contributed by atoms with Gasteiger partial charge in [0, 0.05) is 36.6 Å². The molecule has 0 amide bonds. The lowest BCUT2D eigenvalue weighted by Crippen LogP contribution is -2.50. The highest BCUT2D eigenvalue weighted by molar-refractivity contribution is 9.10. The van der Waals surface area contributed by atoms with E-state index in [4.69, 9.17) is 4.98 Å². The zero-order chi connectivity index (χ0) is 16.7. The van der Waals surface area contributed by atoms with E-state index < -0.39 is 0 Å². The van der Waals surface area contributed by atoms with E-state index in [9.17, 15) is 4.79 Å². The van der Waals surface area contributed by atoms with Gasteiger partial charge in [0.2, 0.25) is 5.95 Å². The van der Waals surface area contributed by atoms with Crippen molar-refractivity contribution in [2.24, 2.45) is 0 Å². The first-order chi connectivity index (χ1) is 11.7. The van der Waals surface area contributed by atoms with Crippen LogP contribution in [0, 0.1) is 0 Å². The molecule has 0 aromatic carbocycles. The molecule has 3 heterocycles. The molecule has 24 heavy (non-hydrogen) atoms. The first-order valence-electron chi connectivity index (χ1n) is 8.55. The van der Waals surface area contributed by atoms with Gasteiger partial charge >= 0.3 is 0 Å². The predicted octanol–water partition coefficient (Wildman–Crippen LogP) is 3.08. The summed E-state index contributed by atoms with van der Waals surface area (Å²) in [6.07, 6.45) is 11.3. The molecule has 0 N–H and O–H groups in total. The fraction of sp³-hybridized carbons (Fsp3) is 0.529. The van der Waals surface area contributed by atoms with Crippen LogP contribution in [-0.4, -0.2) is 37.4 Å². The minimum atomic E-state index is -0.0606. The van der Waals surface area contributed by atoms with Crippen molar-refractivity contribution in [3.8, 4) is 5.95 Å². The first kappa shape index (κ1) is 15.7. The minimum absolute atomic E-state index is 0.0606. The predicted molar refractivity (Wildman–Crippen MR) is 94.4 cm³/mol. The van der Waals surface area contributed by atoms with Gasteiger partial charge in [0.05, 0.1) is 6.04 Å². The standard InChI is InChI=1S/C17H20BrN5O/c1-2-13-14(24)9-11-10-20-17(22-8-7-19-16(22)18)21-15(11)23(13)12-5-3-4-6-12/h7-8,10,12-13H,2-6,9H2,1H3/t13-/m1/s1. The molecule has 4 rings (SSSR count). The average Bonchev–Trinajstić information content (AvgIpc) is 3.24. The summed E-state index contributed by atoms with van der Waals surface area (Å²) in [5.74, 6) is 1.81. The smallest absolute Gasteiger partial charge is 0.237 e. The third-order valence-corrected chi connectivity index (χ3v) is 5.65. The molecule has 6 nitrogen and oxygen atoms in total. The molecular formula is C17H20BrN5O. The molecule has 1 aliphatic heterocycles. The van der Waals surface area contributed by atoms with Crippen molar-refractivity contribution in [3.63, 3.8) is 0 Å². The van der Waals surface area contributed by atoms with Crippen molar-refractivity contribution < 1.29 is 4.79 Å². The van der Waals surface area contributed by atoms with Crippen molar-refractivity contribution in [1.82, 2.24) is 19.5 Å². The summed E-state index contributed by atoms with van der Waals surface area (Å²) in [6.45, 7) is 2.09. The summed E-state index contributed by atoms with van der Waals surface area (Å²) in [5.41, 5.74) is 0.941. The summed E-state index contributed by atoms with van der Waals surface area (Å²) >= 11 is 3.42. The molecule has 2 aromatic rings. The van der Waals surface area contributed by atoms with Crippen LogP contribution in [0.25, 0.3) is 5.95 Å². The minimum Gasteiger partial charge on any atom is -0.343 e. The Morgan fingerprint density at radius 1 is 1.29 bits per heavy atom. The monoisotopic (exact) mass is 389 g/mol. The second kappa shape index (κ2) is 6.27. The SMILES string of the molecule is CC[C@@H]1C(=O)Cc2cnc(-n3ccnc3Br)nc2N1C1CCCC1. The number of carbonyl (C=O) groups is 1. The number of nitrogens with zero attached hydrogens (tertiary/aromatic N) is 5. The number of halogens is 1. The summed E-state index contributed by atoms with van der Waals surface area (Å²) in [6, 6.07) is 0.349. The number of aromatic nitrogens is 4. The molecule has 7 heteroatoms. The van der Waals surface area contributed by atoms with Gasteiger partial charge < -0.3 is 4.90 Å². The molecule has 2 aliphatic rings. The maximum Gasteiger partial charge on any atom is 0.237 e. The third kappa shape index (κ3) is 2.55. The molecule has 1 saturated carbocycles. The number of Topliss-reactive ketones (excluding diaryl/α,β-unsaturated/α-hetero) is 1. The highest BCUT2D eigenvalue weighted by atomic mass is 79.9. The van der Waals surface area contributed by atoms with Crippen LogP contribution in [0.4, 0.5) is 5.82 Å². The lowest BCUT2D eigenvalue weighted by Gasteiger charge is -2.40. The number of imidazole rings is 1. The lowest BCUT2D eigenvalue weighted by atomic mass is 9.94. The quantitative estimate of drug-likeness (QED) is 0.806. The van der Waals surface area contributed by atoms with Gasteiger partial charge in [-0.15, -0.1) is 0 Å². The second-order valence-corrected chi connectivity index (χ2v) is 7.21.